The van der Waals surface area contributed by atoms with Crippen LogP contribution in [-0.4, -0.2) is 22.4 Å². The summed E-state index contributed by atoms with van der Waals surface area (Å²) in [5.41, 5.74) is 0. The quantitative estimate of drug-likeness (QED) is 0.760. The second kappa shape index (κ2) is 3.77. The Labute approximate surface area is 84.3 Å². The van der Waals surface area contributed by atoms with Crippen LogP contribution in [0.1, 0.15) is 24.6 Å². The van der Waals surface area contributed by atoms with Crippen molar-refractivity contribution < 1.29 is 17.9 Å². The minimum Gasteiger partial charge on any atom is -0.289 e. The average Bonchev–Trinajstić information content (AvgIpc) is 2.11. The summed E-state index contributed by atoms with van der Waals surface area (Å²) in [6.45, 7) is 0. The maximum atomic E-state index is 11.8. The molecule has 1 aromatic rings. The number of alkyl halides is 3. The fraction of sp³-hybridized carbons (Fsp3) is 0.556. The summed E-state index contributed by atoms with van der Waals surface area (Å²) in [4.78, 5) is 7.81. The molecule has 0 saturated heterocycles. The molecule has 81 valence electrons. The van der Waals surface area contributed by atoms with Gasteiger partial charge in [0.05, 0.1) is 12.3 Å². The molecule has 0 amide bonds. The van der Waals surface area contributed by atoms with Crippen LogP contribution in [-0.2, 0) is 4.74 Å². The molecule has 1 fully saturated rings. The molecule has 2 rings (SSSR count). The van der Waals surface area contributed by atoms with Crippen LogP contribution >= 0.6 is 0 Å². The first-order chi connectivity index (χ1) is 7.04. The molecule has 0 aromatic carbocycles. The van der Waals surface area contributed by atoms with E-state index in [2.05, 4.69) is 20.9 Å². The van der Waals surface area contributed by atoms with Gasteiger partial charge in [-0.3, -0.25) is 4.74 Å². The number of halogens is 3. The van der Waals surface area contributed by atoms with Gasteiger partial charge in [0.15, 0.2) is 0 Å². The summed E-state index contributed by atoms with van der Waals surface area (Å²) >= 11 is 0. The standard InChI is InChI=1S/C9H8F3N2O/c10-9(11,12)15-7-4-6(5-7)8-13-2-1-3-14-8/h1-2,6-7H,4-5H2. The summed E-state index contributed by atoms with van der Waals surface area (Å²) in [5, 5.41) is 0. The Bertz CT molecular complexity index is 322. The number of hydrogen-bond acceptors (Lipinski definition) is 3. The lowest BCUT2D eigenvalue weighted by molar-refractivity contribution is -0.352. The molecule has 1 aromatic heterocycles. The first kappa shape index (κ1) is 10.4. The molecule has 6 heteroatoms. The van der Waals surface area contributed by atoms with Gasteiger partial charge in [0.25, 0.3) is 0 Å². The summed E-state index contributed by atoms with van der Waals surface area (Å²) < 4.78 is 39.3. The topological polar surface area (TPSA) is 35.0 Å². The van der Waals surface area contributed by atoms with Crippen LogP contribution in [0, 0.1) is 6.20 Å². The van der Waals surface area contributed by atoms with E-state index < -0.39 is 12.5 Å². The molecule has 1 saturated carbocycles. The molecular weight excluding hydrogens is 209 g/mol. The van der Waals surface area contributed by atoms with Gasteiger partial charge in [0, 0.05) is 12.1 Å². The molecule has 1 radical (unpaired) electrons. The molecule has 3 nitrogen and oxygen atoms in total. The summed E-state index contributed by atoms with van der Waals surface area (Å²) in [7, 11) is 0. The predicted molar refractivity (Wildman–Crippen MR) is 43.8 cm³/mol. The molecule has 1 heterocycles. The Kier molecular flexibility index (Phi) is 2.60. The van der Waals surface area contributed by atoms with Gasteiger partial charge < -0.3 is 0 Å². The summed E-state index contributed by atoms with van der Waals surface area (Å²) in [6.07, 6.45) is -0.534. The maximum Gasteiger partial charge on any atom is 0.522 e. The van der Waals surface area contributed by atoms with Crippen molar-refractivity contribution in [1.29, 1.82) is 0 Å². The molecule has 1 aliphatic rings. The zero-order valence-corrected chi connectivity index (χ0v) is 7.66. The van der Waals surface area contributed by atoms with Crippen molar-refractivity contribution in [3.05, 3.63) is 24.3 Å². The van der Waals surface area contributed by atoms with E-state index in [1.54, 1.807) is 6.07 Å². The van der Waals surface area contributed by atoms with E-state index in [0.29, 0.717) is 18.7 Å². The SMILES string of the molecule is FC(F)(F)OC1CC(c2n[c]ccn2)C1. The van der Waals surface area contributed by atoms with Crippen LogP contribution in [0.2, 0.25) is 0 Å². The van der Waals surface area contributed by atoms with Crippen LogP contribution in [0.25, 0.3) is 0 Å². The Morgan fingerprint density at radius 1 is 1.40 bits per heavy atom. The Balaban J connectivity index is 1.84. The first-order valence-corrected chi connectivity index (χ1v) is 4.48. The van der Waals surface area contributed by atoms with E-state index >= 15 is 0 Å². The van der Waals surface area contributed by atoms with Gasteiger partial charge >= 0.3 is 6.36 Å². The van der Waals surface area contributed by atoms with Crippen LogP contribution < -0.4 is 0 Å². The van der Waals surface area contributed by atoms with Gasteiger partial charge in [-0.1, -0.05) is 0 Å². The third-order valence-corrected chi connectivity index (χ3v) is 2.30. The van der Waals surface area contributed by atoms with Crippen molar-refractivity contribution in [3.63, 3.8) is 0 Å². The second-order valence-electron chi connectivity index (χ2n) is 3.40. The van der Waals surface area contributed by atoms with Gasteiger partial charge in [-0.25, -0.2) is 9.97 Å². The van der Waals surface area contributed by atoms with Gasteiger partial charge in [0.2, 0.25) is 0 Å². The molecule has 1 aliphatic carbocycles. The van der Waals surface area contributed by atoms with E-state index in [-0.39, 0.29) is 5.92 Å². The van der Waals surface area contributed by atoms with Gasteiger partial charge in [-0.05, 0) is 18.9 Å². The molecule has 15 heavy (non-hydrogen) atoms. The Morgan fingerprint density at radius 2 is 2.13 bits per heavy atom. The van der Waals surface area contributed by atoms with E-state index in [9.17, 15) is 13.2 Å². The number of rotatable bonds is 2. The monoisotopic (exact) mass is 217 g/mol. The van der Waals surface area contributed by atoms with Crippen LogP contribution in [0.15, 0.2) is 12.3 Å². The maximum absolute atomic E-state index is 11.8. The van der Waals surface area contributed by atoms with Crippen LogP contribution in [0.5, 0.6) is 0 Å². The van der Waals surface area contributed by atoms with E-state index in [4.69, 9.17) is 0 Å². The van der Waals surface area contributed by atoms with Crippen molar-refractivity contribution in [3.8, 4) is 0 Å². The summed E-state index contributed by atoms with van der Waals surface area (Å²) in [6, 6.07) is 1.55. The van der Waals surface area contributed by atoms with Crippen molar-refractivity contribution in [1.82, 2.24) is 9.97 Å². The van der Waals surface area contributed by atoms with Crippen molar-refractivity contribution >= 4 is 0 Å². The number of nitrogens with zero attached hydrogens (tertiary/aromatic N) is 2. The van der Waals surface area contributed by atoms with Gasteiger partial charge in [-0.15, -0.1) is 13.2 Å². The minimum absolute atomic E-state index is 0.0326. The molecule has 0 aliphatic heterocycles. The smallest absolute Gasteiger partial charge is 0.289 e. The fourth-order valence-electron chi connectivity index (χ4n) is 1.54. The Hall–Kier alpha value is -1.17. The third kappa shape index (κ3) is 2.65. The summed E-state index contributed by atoms with van der Waals surface area (Å²) in [5.74, 6) is 0.509. The first-order valence-electron chi connectivity index (χ1n) is 4.48. The fourth-order valence-corrected chi connectivity index (χ4v) is 1.54. The predicted octanol–water partition coefficient (Wildman–Crippen LogP) is 2.06. The molecule has 0 atom stereocenters. The minimum atomic E-state index is -4.54. The second-order valence-corrected chi connectivity index (χ2v) is 3.40. The van der Waals surface area contributed by atoms with Crippen LogP contribution in [0.3, 0.4) is 0 Å². The lowest BCUT2D eigenvalue weighted by Gasteiger charge is -2.33. The lowest BCUT2D eigenvalue weighted by atomic mass is 9.81. The largest absolute Gasteiger partial charge is 0.522 e. The van der Waals surface area contributed by atoms with Crippen molar-refractivity contribution in [2.45, 2.75) is 31.2 Å². The van der Waals surface area contributed by atoms with E-state index in [1.807, 2.05) is 0 Å². The van der Waals surface area contributed by atoms with Gasteiger partial charge in [0.1, 0.15) is 5.82 Å². The number of aromatic nitrogens is 2. The highest BCUT2D eigenvalue weighted by atomic mass is 19.4. The number of hydrogen-bond donors (Lipinski definition) is 0. The highest BCUT2D eigenvalue weighted by molar-refractivity contribution is 5.03. The molecular formula is C9H8F3N2O. The van der Waals surface area contributed by atoms with E-state index in [0.717, 1.165) is 0 Å². The van der Waals surface area contributed by atoms with Crippen molar-refractivity contribution in [2.75, 3.05) is 0 Å². The molecule has 0 N–H and O–H groups in total. The molecule has 0 bridgehead atoms. The zero-order chi connectivity index (χ0) is 10.9. The zero-order valence-electron chi connectivity index (χ0n) is 7.66. The van der Waals surface area contributed by atoms with Crippen LogP contribution in [0.4, 0.5) is 13.2 Å². The molecule has 0 spiro atoms. The van der Waals surface area contributed by atoms with Gasteiger partial charge in [-0.2, -0.15) is 0 Å². The third-order valence-electron chi connectivity index (χ3n) is 2.30. The van der Waals surface area contributed by atoms with Crippen molar-refractivity contribution in [2.24, 2.45) is 0 Å². The van der Waals surface area contributed by atoms with E-state index in [1.165, 1.54) is 6.20 Å². The number of ether oxygens (including phenoxy) is 1. The molecule has 0 unspecified atom stereocenters. The highest BCUT2D eigenvalue weighted by Crippen LogP contribution is 2.39. The average molecular weight is 217 g/mol. The lowest BCUT2D eigenvalue weighted by Crippen LogP contribution is -2.35. The highest BCUT2D eigenvalue weighted by Gasteiger charge is 2.41. The Morgan fingerprint density at radius 3 is 2.67 bits per heavy atom. The normalized spacial score (nSPS) is 26.1.